The Morgan fingerprint density at radius 1 is 1.11 bits per heavy atom. The van der Waals surface area contributed by atoms with E-state index in [1.807, 2.05) is 30.3 Å². The van der Waals surface area contributed by atoms with E-state index < -0.39 is 15.1 Å². The molecular formula is C27H25Cl2N3O2S. The lowest BCUT2D eigenvalue weighted by molar-refractivity contribution is 0.341. The van der Waals surface area contributed by atoms with Crippen molar-refractivity contribution in [3.05, 3.63) is 82.5 Å². The maximum Gasteiger partial charge on any atom is 0.155 e. The zero-order valence-corrected chi connectivity index (χ0v) is 22.0. The zero-order valence-electron chi connectivity index (χ0n) is 19.7. The first-order valence-electron chi connectivity index (χ1n) is 10.9. The monoisotopic (exact) mass is 525 g/mol. The number of nitrogens with zero attached hydrogens (tertiary/aromatic N) is 3. The van der Waals surface area contributed by atoms with E-state index in [1.165, 1.54) is 4.09 Å². The van der Waals surface area contributed by atoms with Gasteiger partial charge in [0.1, 0.15) is 12.7 Å². The van der Waals surface area contributed by atoms with Gasteiger partial charge in [-0.2, -0.15) is 14.4 Å². The zero-order chi connectivity index (χ0) is 25.4. The molecule has 0 radical (unpaired) electrons. The molecule has 3 aromatic carbocycles. The van der Waals surface area contributed by atoms with Crippen LogP contribution in [-0.4, -0.2) is 38.0 Å². The molecule has 180 valence electrons. The van der Waals surface area contributed by atoms with Gasteiger partial charge in [0.2, 0.25) is 0 Å². The molecule has 0 aliphatic rings. The van der Waals surface area contributed by atoms with Crippen molar-refractivity contribution in [1.29, 1.82) is 5.26 Å². The molecule has 4 rings (SSSR count). The normalized spacial score (nSPS) is 13.4. The predicted octanol–water partition coefficient (Wildman–Crippen LogP) is 6.28. The summed E-state index contributed by atoms with van der Waals surface area (Å²) < 4.78 is 19.4. The maximum atomic E-state index is 12.3. The number of benzene rings is 3. The largest absolute Gasteiger partial charge is 0.489 e. The van der Waals surface area contributed by atoms with Gasteiger partial charge in [-0.25, -0.2) is 4.21 Å². The molecule has 0 aliphatic carbocycles. The third kappa shape index (κ3) is 4.90. The van der Waals surface area contributed by atoms with Crippen LogP contribution in [0.5, 0.6) is 5.75 Å². The Morgan fingerprint density at radius 3 is 2.43 bits per heavy atom. The van der Waals surface area contributed by atoms with E-state index in [0.29, 0.717) is 22.2 Å². The molecule has 0 saturated heterocycles. The molecule has 0 N–H and O–H groups in total. The molecule has 35 heavy (non-hydrogen) atoms. The van der Waals surface area contributed by atoms with E-state index in [0.717, 1.165) is 33.2 Å². The molecule has 0 bridgehead atoms. The summed E-state index contributed by atoms with van der Waals surface area (Å²) in [6.45, 7) is 4.46. The molecule has 1 heterocycles. The first kappa shape index (κ1) is 25.1. The molecule has 5 nitrogen and oxygen atoms in total. The second kappa shape index (κ2) is 9.58. The second-order valence-electron chi connectivity index (χ2n) is 8.94. The number of fused-ring (bicyclic) bond motifs is 1. The lowest BCUT2D eigenvalue weighted by Crippen LogP contribution is -2.19. The van der Waals surface area contributed by atoms with Crippen LogP contribution in [0.25, 0.3) is 22.0 Å². The predicted molar refractivity (Wildman–Crippen MR) is 146 cm³/mol. The third-order valence-corrected chi connectivity index (χ3v) is 7.51. The van der Waals surface area contributed by atoms with Gasteiger partial charge in [-0.3, -0.25) is 0 Å². The van der Waals surface area contributed by atoms with E-state index in [9.17, 15) is 9.47 Å². The van der Waals surface area contributed by atoms with Crippen molar-refractivity contribution in [3.8, 4) is 22.9 Å². The molecule has 0 amide bonds. The van der Waals surface area contributed by atoms with E-state index in [4.69, 9.17) is 27.9 Å². The summed E-state index contributed by atoms with van der Waals surface area (Å²) in [5, 5.41) is 15.2. The number of hydrogen-bond donors (Lipinski definition) is 0. The molecule has 0 aliphatic heterocycles. The molecule has 4 aromatic rings. The van der Waals surface area contributed by atoms with Gasteiger partial charge in [0, 0.05) is 17.1 Å². The van der Waals surface area contributed by atoms with Crippen LogP contribution in [-0.2, 0) is 15.1 Å². The second-order valence-corrected chi connectivity index (χ2v) is 12.0. The van der Waals surface area contributed by atoms with E-state index in [1.54, 1.807) is 12.5 Å². The molecule has 0 spiro atoms. The van der Waals surface area contributed by atoms with E-state index in [-0.39, 0.29) is 6.61 Å². The molecule has 0 fully saturated rings. The Morgan fingerprint density at radius 2 is 1.80 bits per heavy atom. The fourth-order valence-corrected chi connectivity index (χ4v) is 5.25. The van der Waals surface area contributed by atoms with Gasteiger partial charge in [0.25, 0.3) is 0 Å². The molecule has 8 heteroatoms. The number of hydrogen-bond acceptors (Lipinski definition) is 4. The van der Waals surface area contributed by atoms with Crippen LogP contribution in [0.3, 0.4) is 0 Å². The minimum Gasteiger partial charge on any atom is -0.489 e. The Labute approximate surface area is 216 Å². The summed E-state index contributed by atoms with van der Waals surface area (Å²) >= 11 is 12.2. The summed E-state index contributed by atoms with van der Waals surface area (Å²) in [6.07, 6.45) is 3.28. The van der Waals surface area contributed by atoms with Crippen LogP contribution in [0.4, 0.5) is 0 Å². The molecule has 0 saturated carbocycles. The van der Waals surface area contributed by atoms with Crippen LogP contribution in [0.1, 0.15) is 30.5 Å². The summed E-state index contributed by atoms with van der Waals surface area (Å²) in [4.78, 5) is 0. The number of nitriles is 1. The van der Waals surface area contributed by atoms with Crippen LogP contribution in [0.15, 0.2) is 60.8 Å². The highest BCUT2D eigenvalue weighted by molar-refractivity contribution is 7.98. The quantitative estimate of drug-likeness (QED) is 0.210. The van der Waals surface area contributed by atoms with Crippen molar-refractivity contribution in [1.82, 2.24) is 9.19 Å². The highest BCUT2D eigenvalue weighted by Crippen LogP contribution is 2.39. The van der Waals surface area contributed by atoms with Crippen molar-refractivity contribution in [3.63, 3.8) is 0 Å². The topological polar surface area (TPSA) is 67.9 Å². The van der Waals surface area contributed by atoms with Gasteiger partial charge in [-0.1, -0.05) is 55.8 Å². The molecule has 1 atom stereocenters. The summed E-state index contributed by atoms with van der Waals surface area (Å²) in [5.74, 6) is 4.40. The Bertz CT molecular complexity index is 1550. The number of aromatic nitrogens is 2. The van der Waals surface area contributed by atoms with E-state index in [2.05, 4.69) is 55.2 Å². The summed E-state index contributed by atoms with van der Waals surface area (Å²) in [7, 11) is -2.47. The van der Waals surface area contributed by atoms with Gasteiger partial charge in [0.15, 0.2) is 5.75 Å². The van der Waals surface area contributed by atoms with Crippen LogP contribution >= 0.6 is 23.2 Å². The van der Waals surface area contributed by atoms with Crippen molar-refractivity contribution < 1.29 is 8.95 Å². The van der Waals surface area contributed by atoms with Gasteiger partial charge >= 0.3 is 0 Å². The average molecular weight is 526 g/mol. The lowest BCUT2D eigenvalue weighted by Gasteiger charge is -2.27. The van der Waals surface area contributed by atoms with Crippen molar-refractivity contribution in [2.45, 2.75) is 19.3 Å². The van der Waals surface area contributed by atoms with Gasteiger partial charge in [0.05, 0.1) is 37.9 Å². The van der Waals surface area contributed by atoms with Crippen molar-refractivity contribution >= 4 is 49.7 Å². The lowest BCUT2D eigenvalue weighted by atomic mass is 9.77. The fourth-order valence-electron chi connectivity index (χ4n) is 4.07. The Hall–Kier alpha value is -2.98. The maximum absolute atomic E-state index is 12.3. The molecule has 1 unspecified atom stereocenters. The number of halogens is 2. The van der Waals surface area contributed by atoms with Crippen LogP contribution in [0, 0.1) is 11.3 Å². The molecular weight excluding hydrogens is 501 g/mol. The highest BCUT2D eigenvalue weighted by Gasteiger charge is 2.26. The third-order valence-electron chi connectivity index (χ3n) is 6.05. The summed E-state index contributed by atoms with van der Waals surface area (Å²) in [5.41, 5.74) is 4.84. The number of alkyl halides is 1. The minimum atomic E-state index is -2.47. The first-order chi connectivity index (χ1) is 16.6. The van der Waals surface area contributed by atoms with E-state index >= 15 is 0 Å². The Kier molecular flexibility index (Phi) is 6.88. The number of rotatable bonds is 7. The summed E-state index contributed by atoms with van der Waals surface area (Å²) in [6, 6.07) is 20.1. The smallest absolute Gasteiger partial charge is 0.155 e. The average Bonchev–Trinajstić information content (AvgIpc) is 3.27. The number of ether oxygens (including phenoxy) is 1. The van der Waals surface area contributed by atoms with Crippen LogP contribution < -0.4 is 4.74 Å². The SMILES string of the molecule is C=S(C)(=O)n1ncc2cc(-c3ccc(C(C)(C)c4cc(Cl)c(OCCCl)c(C#N)c4)cc3)ccc21. The fraction of sp³-hybridized carbons (Fsp3) is 0.222. The minimum absolute atomic E-state index is 0.277. The highest BCUT2D eigenvalue weighted by atomic mass is 35.5. The van der Waals surface area contributed by atoms with Crippen molar-refractivity contribution in [2.75, 3.05) is 18.7 Å². The van der Waals surface area contributed by atoms with Gasteiger partial charge < -0.3 is 4.74 Å². The Balaban J connectivity index is 1.67. The first-order valence-corrected chi connectivity index (χ1v) is 13.9. The van der Waals surface area contributed by atoms with Gasteiger partial charge in [-0.15, -0.1) is 11.6 Å². The van der Waals surface area contributed by atoms with Gasteiger partial charge in [-0.05, 0) is 52.4 Å². The van der Waals surface area contributed by atoms with Crippen LogP contribution in [0.2, 0.25) is 5.02 Å². The molecule has 1 aromatic heterocycles. The standard InChI is InChI=1S/C27H25Cl2N3O2S/c1-27(2,23-14-20(16-30)26(24(29)15-23)34-12-11-28)22-8-5-18(6-9-22)19-7-10-25-21(13-19)17-31-32(25)35(3,4)33/h5-10,13-15,17H,3,11-12H2,1-2,4H3. The van der Waals surface area contributed by atoms with Crippen molar-refractivity contribution in [2.24, 2.45) is 0 Å².